The van der Waals surface area contributed by atoms with Gasteiger partial charge in [0.25, 0.3) is 0 Å². The second-order valence-corrected chi connectivity index (χ2v) is 5.26. The molecule has 2 rings (SSSR count). The molecule has 0 amide bonds. The number of aryl methyl sites for hydroxylation is 1. The van der Waals surface area contributed by atoms with Crippen LogP contribution in [0, 0.1) is 6.92 Å². The molecule has 1 fully saturated rings. The van der Waals surface area contributed by atoms with Gasteiger partial charge in [-0.3, -0.25) is 0 Å². The average molecular weight is 264 g/mol. The molecule has 0 aliphatic carbocycles. The quantitative estimate of drug-likeness (QED) is 0.803. The van der Waals surface area contributed by atoms with Crippen LogP contribution in [0.15, 0.2) is 18.2 Å². The molecule has 0 atom stereocenters. The van der Waals surface area contributed by atoms with Crippen molar-refractivity contribution in [3.63, 3.8) is 0 Å². The summed E-state index contributed by atoms with van der Waals surface area (Å²) in [5.41, 5.74) is 12.3. The number of hydrogen-bond acceptors (Lipinski definition) is 4. The zero-order valence-electron chi connectivity index (χ0n) is 10.9. The van der Waals surface area contributed by atoms with Crippen molar-refractivity contribution in [1.82, 2.24) is 9.91 Å². The van der Waals surface area contributed by atoms with E-state index in [4.69, 9.17) is 18.0 Å². The molecule has 1 aliphatic heterocycles. The van der Waals surface area contributed by atoms with E-state index in [1.165, 1.54) is 5.56 Å². The van der Waals surface area contributed by atoms with Crippen LogP contribution in [0.1, 0.15) is 11.1 Å². The van der Waals surface area contributed by atoms with E-state index >= 15 is 0 Å². The Labute approximate surface area is 114 Å². The van der Waals surface area contributed by atoms with Crippen LogP contribution in [0.2, 0.25) is 0 Å². The molecule has 1 saturated heterocycles. The van der Waals surface area contributed by atoms with E-state index in [2.05, 4.69) is 35.4 Å². The molecule has 0 aromatic heterocycles. The Kier molecular flexibility index (Phi) is 4.16. The third-order valence-electron chi connectivity index (χ3n) is 3.22. The highest BCUT2D eigenvalue weighted by atomic mass is 32.1. The van der Waals surface area contributed by atoms with Gasteiger partial charge in [0.2, 0.25) is 0 Å². The summed E-state index contributed by atoms with van der Waals surface area (Å²) in [7, 11) is 2.14. The molecular weight excluding hydrogens is 244 g/mol. The minimum atomic E-state index is 0.437. The maximum atomic E-state index is 5.76. The van der Waals surface area contributed by atoms with Gasteiger partial charge < -0.3 is 16.1 Å². The number of nitrogens with one attached hydrogen (secondary N) is 1. The van der Waals surface area contributed by atoms with Gasteiger partial charge in [-0.1, -0.05) is 18.3 Å². The number of hydrazine groups is 1. The number of rotatable bonds is 3. The number of likely N-dealkylation sites (N-methyl/N-ethyl adjacent to an activating group) is 1. The van der Waals surface area contributed by atoms with Crippen molar-refractivity contribution in [3.05, 3.63) is 29.3 Å². The summed E-state index contributed by atoms with van der Waals surface area (Å²) in [6.45, 7) is 6.21. The normalized spacial score (nSPS) is 17.7. The largest absolute Gasteiger partial charge is 0.389 e. The molecular formula is C13H20N4S. The summed E-state index contributed by atoms with van der Waals surface area (Å²) in [6.07, 6.45) is 0. The Morgan fingerprint density at radius 1 is 1.28 bits per heavy atom. The zero-order chi connectivity index (χ0) is 13.1. The van der Waals surface area contributed by atoms with E-state index in [0.717, 1.165) is 37.4 Å². The predicted molar refractivity (Wildman–Crippen MR) is 79.8 cm³/mol. The standard InChI is InChI=1S/C13H20N4S/c1-10-3-4-11(13(14)18)12(9-10)15-17-7-5-16(2)6-8-17/h3-4,9,15H,5-8H2,1-2H3,(H2,14,18). The molecule has 0 saturated carbocycles. The fourth-order valence-corrected chi connectivity index (χ4v) is 2.23. The van der Waals surface area contributed by atoms with Crippen molar-refractivity contribution in [2.75, 3.05) is 38.7 Å². The lowest BCUT2D eigenvalue weighted by molar-refractivity contribution is 0.179. The predicted octanol–water partition coefficient (Wildman–Crippen LogP) is 1.20. The second-order valence-electron chi connectivity index (χ2n) is 4.82. The Bertz CT molecular complexity index is 439. The molecule has 98 valence electrons. The highest BCUT2D eigenvalue weighted by Crippen LogP contribution is 2.18. The minimum absolute atomic E-state index is 0.437. The van der Waals surface area contributed by atoms with Gasteiger partial charge in [-0.15, -0.1) is 0 Å². The van der Waals surface area contributed by atoms with Gasteiger partial charge in [0.15, 0.2) is 0 Å². The molecule has 3 N–H and O–H groups in total. The smallest absolute Gasteiger partial charge is 0.106 e. The Morgan fingerprint density at radius 3 is 2.56 bits per heavy atom. The monoisotopic (exact) mass is 264 g/mol. The molecule has 0 unspecified atom stereocenters. The lowest BCUT2D eigenvalue weighted by atomic mass is 10.1. The highest BCUT2D eigenvalue weighted by molar-refractivity contribution is 7.80. The van der Waals surface area contributed by atoms with E-state index in [1.54, 1.807) is 0 Å². The molecule has 0 spiro atoms. The highest BCUT2D eigenvalue weighted by Gasteiger charge is 2.15. The third kappa shape index (κ3) is 3.19. The number of nitrogens with zero attached hydrogens (tertiary/aromatic N) is 2. The van der Waals surface area contributed by atoms with Crippen molar-refractivity contribution in [2.24, 2.45) is 5.73 Å². The van der Waals surface area contributed by atoms with Crippen LogP contribution in [-0.4, -0.2) is 48.1 Å². The summed E-state index contributed by atoms with van der Waals surface area (Å²) < 4.78 is 0. The van der Waals surface area contributed by atoms with Gasteiger partial charge in [0, 0.05) is 31.7 Å². The first-order chi connectivity index (χ1) is 8.56. The molecule has 4 nitrogen and oxygen atoms in total. The van der Waals surface area contributed by atoms with Crippen molar-refractivity contribution in [2.45, 2.75) is 6.92 Å². The van der Waals surface area contributed by atoms with Crippen LogP contribution in [-0.2, 0) is 0 Å². The van der Waals surface area contributed by atoms with Crippen LogP contribution in [0.25, 0.3) is 0 Å². The Balaban J connectivity index is 2.12. The van der Waals surface area contributed by atoms with E-state index in [0.29, 0.717) is 4.99 Å². The number of hydrogen-bond donors (Lipinski definition) is 2. The molecule has 1 heterocycles. The molecule has 1 aliphatic rings. The number of thiocarbonyl (C=S) groups is 1. The summed E-state index contributed by atoms with van der Waals surface area (Å²) in [5, 5.41) is 2.22. The van der Waals surface area contributed by atoms with Gasteiger partial charge >= 0.3 is 0 Å². The SMILES string of the molecule is Cc1ccc(C(N)=S)c(NN2CCN(C)CC2)c1. The van der Waals surface area contributed by atoms with Crippen molar-refractivity contribution >= 4 is 22.9 Å². The van der Waals surface area contributed by atoms with Crippen LogP contribution < -0.4 is 11.2 Å². The number of anilines is 1. The molecule has 1 aromatic carbocycles. The maximum Gasteiger partial charge on any atom is 0.106 e. The van der Waals surface area contributed by atoms with E-state index < -0.39 is 0 Å². The van der Waals surface area contributed by atoms with E-state index in [1.807, 2.05) is 12.1 Å². The van der Waals surface area contributed by atoms with Gasteiger partial charge in [-0.05, 0) is 31.7 Å². The fourth-order valence-electron chi connectivity index (χ4n) is 2.05. The summed E-state index contributed by atoms with van der Waals surface area (Å²) in [6, 6.07) is 6.10. The van der Waals surface area contributed by atoms with Gasteiger partial charge in [0.1, 0.15) is 4.99 Å². The van der Waals surface area contributed by atoms with Crippen LogP contribution in [0.3, 0.4) is 0 Å². The van der Waals surface area contributed by atoms with E-state index in [-0.39, 0.29) is 0 Å². The van der Waals surface area contributed by atoms with Gasteiger partial charge in [-0.25, -0.2) is 5.01 Å². The summed E-state index contributed by atoms with van der Waals surface area (Å²) >= 11 is 5.09. The van der Waals surface area contributed by atoms with Crippen molar-refractivity contribution in [3.8, 4) is 0 Å². The second kappa shape index (κ2) is 5.65. The average Bonchev–Trinajstić information content (AvgIpc) is 2.32. The molecule has 5 heteroatoms. The summed E-state index contributed by atoms with van der Waals surface area (Å²) in [4.78, 5) is 2.76. The topological polar surface area (TPSA) is 44.5 Å². The first-order valence-corrected chi connectivity index (χ1v) is 6.57. The fraction of sp³-hybridized carbons (Fsp3) is 0.462. The first kappa shape index (κ1) is 13.3. The number of piperazine rings is 1. The number of nitrogens with two attached hydrogens (primary N) is 1. The lowest BCUT2D eigenvalue weighted by Gasteiger charge is -2.33. The first-order valence-electron chi connectivity index (χ1n) is 6.17. The third-order valence-corrected chi connectivity index (χ3v) is 3.44. The molecule has 1 aromatic rings. The Hall–Kier alpha value is -1.17. The Morgan fingerprint density at radius 2 is 1.94 bits per heavy atom. The molecule has 18 heavy (non-hydrogen) atoms. The van der Waals surface area contributed by atoms with Gasteiger partial charge in [0.05, 0.1) is 5.69 Å². The summed E-state index contributed by atoms with van der Waals surface area (Å²) in [5.74, 6) is 0. The van der Waals surface area contributed by atoms with Crippen LogP contribution >= 0.6 is 12.2 Å². The van der Waals surface area contributed by atoms with Crippen LogP contribution in [0.4, 0.5) is 5.69 Å². The van der Waals surface area contributed by atoms with Crippen LogP contribution in [0.5, 0.6) is 0 Å². The minimum Gasteiger partial charge on any atom is -0.389 e. The zero-order valence-corrected chi connectivity index (χ0v) is 11.8. The van der Waals surface area contributed by atoms with Gasteiger partial charge in [-0.2, -0.15) is 0 Å². The van der Waals surface area contributed by atoms with E-state index in [9.17, 15) is 0 Å². The van der Waals surface area contributed by atoms with Crippen molar-refractivity contribution in [1.29, 1.82) is 0 Å². The molecule has 0 radical (unpaired) electrons. The van der Waals surface area contributed by atoms with Crippen molar-refractivity contribution < 1.29 is 0 Å². The maximum absolute atomic E-state index is 5.76. The number of benzene rings is 1. The molecule has 0 bridgehead atoms. The lowest BCUT2D eigenvalue weighted by Crippen LogP contribution is -2.47.